The van der Waals surface area contributed by atoms with E-state index in [0.29, 0.717) is 6.54 Å². The monoisotopic (exact) mass is 508 g/mol. The number of rotatable bonds is 10. The van der Waals surface area contributed by atoms with Gasteiger partial charge in [-0.05, 0) is 22.3 Å². The first-order chi connectivity index (χ1) is 16.4. The van der Waals surface area contributed by atoms with Gasteiger partial charge in [0.05, 0.1) is 13.2 Å². The van der Waals surface area contributed by atoms with Crippen molar-refractivity contribution in [3.05, 3.63) is 59.7 Å². The lowest BCUT2D eigenvalue weighted by atomic mass is 9.98. The third-order valence-corrected chi connectivity index (χ3v) is 6.67. The number of hydrogen-bond donors (Lipinski definition) is 6. The second kappa shape index (κ2) is 12.1. The summed E-state index contributed by atoms with van der Waals surface area (Å²) >= 11 is 0. The van der Waals surface area contributed by atoms with E-state index in [9.17, 15) is 25.2 Å². The fourth-order valence-electron chi connectivity index (χ4n) is 4.60. The normalized spacial score (nSPS) is 18.3. The molecule has 2 aromatic rings. The molecule has 4 atom stereocenters. The zero-order valence-corrected chi connectivity index (χ0v) is 20.1. The number of amides is 1. The Morgan fingerprint density at radius 3 is 2.00 bits per heavy atom. The zero-order chi connectivity index (χ0) is 24.2. The van der Waals surface area contributed by atoms with Gasteiger partial charge in [-0.15, -0.1) is 12.4 Å². The number of aliphatic hydroxyl groups excluding tert-OH is 5. The molecule has 0 saturated carbocycles. The van der Waals surface area contributed by atoms with Crippen LogP contribution in [0.1, 0.15) is 17.0 Å². The van der Waals surface area contributed by atoms with E-state index in [2.05, 4.69) is 17.4 Å². The number of nitrogens with zero attached hydrogens (tertiary/aromatic N) is 1. The molecule has 192 valence electrons. The Kier molecular flexibility index (Phi) is 9.48. The van der Waals surface area contributed by atoms with Crippen LogP contribution in [-0.4, -0.2) is 100 Å². The van der Waals surface area contributed by atoms with Gasteiger partial charge in [-0.25, -0.2) is 4.79 Å². The molecular formula is C25H33ClN2O7. The van der Waals surface area contributed by atoms with E-state index in [1.807, 2.05) is 36.4 Å². The molecular weight excluding hydrogens is 476 g/mol. The second-order valence-corrected chi connectivity index (χ2v) is 9.03. The molecule has 0 unspecified atom stereocenters. The van der Waals surface area contributed by atoms with Crippen LogP contribution >= 0.6 is 12.4 Å². The van der Waals surface area contributed by atoms with Gasteiger partial charge in [-0.2, -0.15) is 0 Å². The highest BCUT2D eigenvalue weighted by molar-refractivity contribution is 5.85. The maximum Gasteiger partial charge on any atom is 0.409 e. The Balaban J connectivity index is 0.00000342. The highest BCUT2D eigenvalue weighted by Crippen LogP contribution is 2.44. The van der Waals surface area contributed by atoms with Crippen LogP contribution in [0, 0.1) is 5.92 Å². The first-order valence-electron chi connectivity index (χ1n) is 11.5. The maximum absolute atomic E-state index is 13.1. The molecule has 1 fully saturated rings. The summed E-state index contributed by atoms with van der Waals surface area (Å²) in [6, 6.07) is 16.0. The summed E-state index contributed by atoms with van der Waals surface area (Å²) in [6.45, 7) is 0.816. The van der Waals surface area contributed by atoms with Crippen molar-refractivity contribution in [2.45, 2.75) is 30.3 Å². The molecule has 6 N–H and O–H groups in total. The van der Waals surface area contributed by atoms with Crippen molar-refractivity contribution in [1.29, 1.82) is 0 Å². The number of ether oxygens (including phenoxy) is 1. The molecule has 1 heterocycles. The van der Waals surface area contributed by atoms with Gasteiger partial charge < -0.3 is 40.5 Å². The fraction of sp³-hybridized carbons (Fsp3) is 0.480. The Morgan fingerprint density at radius 1 is 0.943 bits per heavy atom. The van der Waals surface area contributed by atoms with Gasteiger partial charge in [-0.3, -0.25) is 0 Å². The summed E-state index contributed by atoms with van der Waals surface area (Å²) in [5, 5.41) is 52.2. The van der Waals surface area contributed by atoms with Crippen LogP contribution in [0.25, 0.3) is 11.1 Å². The summed E-state index contributed by atoms with van der Waals surface area (Å²) in [4.78, 5) is 14.4. The van der Waals surface area contributed by atoms with Gasteiger partial charge >= 0.3 is 6.09 Å². The van der Waals surface area contributed by atoms with Crippen LogP contribution in [0.15, 0.2) is 48.5 Å². The summed E-state index contributed by atoms with van der Waals surface area (Å²) < 4.78 is 5.70. The standard InChI is InChI=1S/C25H32N2O7.ClH/c28-13-22(30)24(32)23(31)21(29)12-27(11-15-9-26-10-15)25(33)34-14-20-18-7-3-1-5-16(18)17-6-2-4-8-19(17)20;/h1-8,15,20-24,26,28-32H,9-14H2;1H/t21-,22+,23+,24+;/m0./s1. The molecule has 9 nitrogen and oxygen atoms in total. The number of halogens is 1. The summed E-state index contributed by atoms with van der Waals surface area (Å²) in [5.41, 5.74) is 4.41. The van der Waals surface area contributed by atoms with Crippen LogP contribution in [0.3, 0.4) is 0 Å². The number of hydrogen-bond acceptors (Lipinski definition) is 8. The number of carbonyl (C=O) groups excluding carboxylic acids is 1. The van der Waals surface area contributed by atoms with Crippen molar-refractivity contribution in [3.63, 3.8) is 0 Å². The number of carbonyl (C=O) groups is 1. The lowest BCUT2D eigenvalue weighted by Gasteiger charge is -2.35. The molecule has 35 heavy (non-hydrogen) atoms. The highest BCUT2D eigenvalue weighted by Gasteiger charge is 2.35. The van der Waals surface area contributed by atoms with Gasteiger partial charge in [0.2, 0.25) is 0 Å². The minimum absolute atomic E-state index is 0. The van der Waals surface area contributed by atoms with Crippen molar-refractivity contribution >= 4 is 18.5 Å². The molecule has 0 aromatic heterocycles. The number of fused-ring (bicyclic) bond motifs is 3. The topological polar surface area (TPSA) is 143 Å². The zero-order valence-electron chi connectivity index (χ0n) is 19.2. The third kappa shape index (κ3) is 5.95. The summed E-state index contributed by atoms with van der Waals surface area (Å²) in [6.07, 6.45) is -7.27. The van der Waals surface area contributed by atoms with Crippen LogP contribution in [0.2, 0.25) is 0 Å². The Labute approximate surface area is 210 Å². The Morgan fingerprint density at radius 2 is 1.49 bits per heavy atom. The smallest absolute Gasteiger partial charge is 0.409 e. The van der Waals surface area contributed by atoms with Crippen LogP contribution < -0.4 is 5.32 Å². The Bertz CT molecular complexity index is 944. The molecule has 0 radical (unpaired) electrons. The fourth-order valence-corrected chi connectivity index (χ4v) is 4.60. The van der Waals surface area contributed by atoms with Gasteiger partial charge in [0.15, 0.2) is 0 Å². The molecule has 10 heteroatoms. The third-order valence-electron chi connectivity index (χ3n) is 6.67. The lowest BCUT2D eigenvalue weighted by Crippen LogP contribution is -2.54. The van der Waals surface area contributed by atoms with Crippen LogP contribution in [0.5, 0.6) is 0 Å². The average Bonchev–Trinajstić information content (AvgIpc) is 3.16. The van der Waals surface area contributed by atoms with E-state index in [1.165, 1.54) is 4.90 Å². The van der Waals surface area contributed by atoms with E-state index < -0.39 is 37.1 Å². The van der Waals surface area contributed by atoms with E-state index in [0.717, 1.165) is 35.3 Å². The minimum Gasteiger partial charge on any atom is -0.448 e. The molecule has 1 amide bonds. The van der Waals surface area contributed by atoms with Crippen molar-refractivity contribution in [2.75, 3.05) is 39.4 Å². The number of benzene rings is 2. The van der Waals surface area contributed by atoms with Crippen molar-refractivity contribution in [3.8, 4) is 11.1 Å². The molecule has 2 aliphatic rings. The van der Waals surface area contributed by atoms with Gasteiger partial charge in [0, 0.05) is 31.5 Å². The van der Waals surface area contributed by atoms with E-state index in [4.69, 9.17) is 9.84 Å². The number of nitrogens with one attached hydrogen (secondary N) is 1. The van der Waals surface area contributed by atoms with E-state index in [-0.39, 0.29) is 37.4 Å². The van der Waals surface area contributed by atoms with Gasteiger partial charge in [-0.1, -0.05) is 48.5 Å². The molecule has 2 aromatic carbocycles. The number of aliphatic hydroxyl groups is 5. The van der Waals surface area contributed by atoms with Crippen molar-refractivity contribution in [2.24, 2.45) is 5.92 Å². The van der Waals surface area contributed by atoms with Gasteiger partial charge in [0.1, 0.15) is 31.0 Å². The highest BCUT2D eigenvalue weighted by atomic mass is 35.5. The molecule has 0 spiro atoms. The van der Waals surface area contributed by atoms with Crippen molar-refractivity contribution in [1.82, 2.24) is 10.2 Å². The van der Waals surface area contributed by atoms with E-state index in [1.54, 1.807) is 0 Å². The predicted molar refractivity (Wildman–Crippen MR) is 131 cm³/mol. The first kappa shape index (κ1) is 27.3. The minimum atomic E-state index is -1.75. The molecule has 1 aliphatic heterocycles. The maximum atomic E-state index is 13.1. The quantitative estimate of drug-likeness (QED) is 0.269. The molecule has 1 saturated heterocycles. The largest absolute Gasteiger partial charge is 0.448 e. The first-order valence-corrected chi connectivity index (χ1v) is 11.5. The van der Waals surface area contributed by atoms with E-state index >= 15 is 0 Å². The van der Waals surface area contributed by atoms with Gasteiger partial charge in [0.25, 0.3) is 0 Å². The Hall–Kier alpha value is -2.24. The average molecular weight is 509 g/mol. The molecule has 4 rings (SSSR count). The lowest BCUT2D eigenvalue weighted by molar-refractivity contribution is -0.119. The molecule has 1 aliphatic carbocycles. The molecule has 0 bridgehead atoms. The van der Waals surface area contributed by atoms with Crippen molar-refractivity contribution < 1.29 is 35.1 Å². The predicted octanol–water partition coefficient (Wildman–Crippen LogP) is 0.315. The van der Waals surface area contributed by atoms with Crippen LogP contribution in [-0.2, 0) is 4.74 Å². The second-order valence-electron chi connectivity index (χ2n) is 9.03. The summed E-state index contributed by atoms with van der Waals surface area (Å²) in [5.74, 6) is 0.0680. The summed E-state index contributed by atoms with van der Waals surface area (Å²) in [7, 11) is 0. The van der Waals surface area contributed by atoms with Crippen LogP contribution in [0.4, 0.5) is 4.79 Å². The SMILES string of the molecule is Cl.O=C(OCC1c2ccccc2-c2ccccc21)N(CC1CNC1)C[C@H](O)[C@@H](O)[C@H](O)[C@H](O)CO.